The zero-order valence-corrected chi connectivity index (χ0v) is 23.4. The number of rotatable bonds is 4. The maximum atomic E-state index is 7.51. The summed E-state index contributed by atoms with van der Waals surface area (Å²) in [5.74, 6) is 0. The standard InChI is InChI=1S/C31H35BrOSi/c1-30(2,3)34(27-11-7-5-8-12-27,28-13-9-6-10-14-28)33-26-19-20-31(4)24(22-26)16-15-23-21-25(32)17-18-29(23)31/h5-14,16-18,21,26H,15,19-20,22H2,1-4H3/t26-,31-/m0/s1. The smallest absolute Gasteiger partial charge is 0.261 e. The molecule has 0 N–H and O–H groups in total. The average molecular weight is 532 g/mol. The van der Waals surface area contributed by atoms with E-state index in [1.54, 1.807) is 5.57 Å². The second-order valence-corrected chi connectivity index (χ2v) is 16.4. The van der Waals surface area contributed by atoms with Crippen molar-refractivity contribution in [2.24, 2.45) is 0 Å². The van der Waals surface area contributed by atoms with Crippen LogP contribution in [0.4, 0.5) is 0 Å². The van der Waals surface area contributed by atoms with E-state index >= 15 is 0 Å². The lowest BCUT2D eigenvalue weighted by Gasteiger charge is -2.49. The third-order valence-corrected chi connectivity index (χ3v) is 13.7. The Kier molecular flexibility index (Phi) is 6.25. The van der Waals surface area contributed by atoms with Crippen LogP contribution in [0, 0.1) is 0 Å². The zero-order valence-electron chi connectivity index (χ0n) is 20.8. The summed E-state index contributed by atoms with van der Waals surface area (Å²) in [5, 5.41) is 2.75. The molecule has 0 spiro atoms. The summed E-state index contributed by atoms with van der Waals surface area (Å²) in [6.45, 7) is 9.57. The van der Waals surface area contributed by atoms with Crippen molar-refractivity contribution in [1.29, 1.82) is 0 Å². The van der Waals surface area contributed by atoms with Crippen molar-refractivity contribution in [3.8, 4) is 0 Å². The predicted molar refractivity (Wildman–Crippen MR) is 150 cm³/mol. The normalized spacial score (nSPS) is 22.5. The fourth-order valence-electron chi connectivity index (χ4n) is 6.34. The first kappa shape index (κ1) is 23.8. The summed E-state index contributed by atoms with van der Waals surface area (Å²) < 4.78 is 8.68. The maximum Gasteiger partial charge on any atom is 0.261 e. The first-order valence-electron chi connectivity index (χ1n) is 12.5. The lowest BCUT2D eigenvalue weighted by atomic mass is 9.63. The van der Waals surface area contributed by atoms with Gasteiger partial charge in [0, 0.05) is 16.0 Å². The molecule has 176 valence electrons. The van der Waals surface area contributed by atoms with Crippen LogP contribution in [-0.4, -0.2) is 14.4 Å². The van der Waals surface area contributed by atoms with Gasteiger partial charge in [0.1, 0.15) is 0 Å². The van der Waals surface area contributed by atoms with Crippen LogP contribution in [0.2, 0.25) is 5.04 Å². The lowest BCUT2D eigenvalue weighted by Crippen LogP contribution is -2.68. The molecule has 1 fully saturated rings. The van der Waals surface area contributed by atoms with Crippen LogP contribution in [0.3, 0.4) is 0 Å². The van der Waals surface area contributed by atoms with Crippen molar-refractivity contribution in [3.05, 3.63) is 106 Å². The van der Waals surface area contributed by atoms with Gasteiger partial charge in [0.25, 0.3) is 8.32 Å². The molecule has 3 aromatic carbocycles. The Morgan fingerprint density at radius 2 is 1.53 bits per heavy atom. The van der Waals surface area contributed by atoms with Gasteiger partial charge in [0.15, 0.2) is 0 Å². The molecule has 2 aliphatic rings. The van der Waals surface area contributed by atoms with Gasteiger partial charge in [-0.25, -0.2) is 0 Å². The third-order valence-electron chi connectivity index (χ3n) is 8.11. The van der Waals surface area contributed by atoms with E-state index < -0.39 is 8.32 Å². The largest absolute Gasteiger partial charge is 0.404 e. The monoisotopic (exact) mass is 530 g/mol. The van der Waals surface area contributed by atoms with Gasteiger partial charge in [0.05, 0.1) is 0 Å². The Hall–Kier alpha value is -1.94. The molecule has 1 nitrogen and oxygen atoms in total. The van der Waals surface area contributed by atoms with Gasteiger partial charge in [-0.1, -0.05) is 122 Å². The fraction of sp³-hybridized carbons (Fsp3) is 0.355. The first-order valence-corrected chi connectivity index (χ1v) is 15.2. The molecule has 0 saturated heterocycles. The molecule has 0 aromatic heterocycles. The van der Waals surface area contributed by atoms with Crippen LogP contribution in [-0.2, 0) is 16.3 Å². The van der Waals surface area contributed by atoms with Crippen molar-refractivity contribution >= 4 is 34.6 Å². The SMILES string of the molecule is CC(C)(C)[Si](O[C@H]1CC[C@@]2(C)C(=CCc3cc(Br)ccc32)C1)(c1ccccc1)c1ccccc1. The predicted octanol–water partition coefficient (Wildman–Crippen LogP) is 7.32. The van der Waals surface area contributed by atoms with E-state index in [0.29, 0.717) is 0 Å². The maximum absolute atomic E-state index is 7.51. The molecule has 0 aliphatic heterocycles. The van der Waals surface area contributed by atoms with Crippen LogP contribution in [0.1, 0.15) is 58.1 Å². The van der Waals surface area contributed by atoms with E-state index in [4.69, 9.17) is 4.43 Å². The zero-order chi connectivity index (χ0) is 24.0. The summed E-state index contributed by atoms with van der Waals surface area (Å²) in [6, 6.07) is 29.0. The van der Waals surface area contributed by atoms with Crippen LogP contribution < -0.4 is 10.4 Å². The molecule has 5 rings (SSSR count). The lowest BCUT2D eigenvalue weighted by molar-refractivity contribution is 0.142. The Balaban J connectivity index is 1.53. The highest BCUT2D eigenvalue weighted by Gasteiger charge is 2.52. The Morgan fingerprint density at radius 1 is 0.912 bits per heavy atom. The summed E-state index contributed by atoms with van der Waals surface area (Å²) in [7, 11) is -2.53. The Labute approximate surface area is 214 Å². The van der Waals surface area contributed by atoms with Gasteiger partial charge in [-0.05, 0) is 64.4 Å². The van der Waals surface area contributed by atoms with Gasteiger partial charge in [-0.2, -0.15) is 0 Å². The molecule has 0 amide bonds. The number of fused-ring (bicyclic) bond motifs is 3. The average Bonchev–Trinajstić information content (AvgIpc) is 2.83. The fourth-order valence-corrected chi connectivity index (χ4v) is 11.5. The van der Waals surface area contributed by atoms with Crippen molar-refractivity contribution in [2.45, 2.75) is 69.9 Å². The number of hydrogen-bond acceptors (Lipinski definition) is 1. The molecule has 34 heavy (non-hydrogen) atoms. The molecule has 0 unspecified atom stereocenters. The Morgan fingerprint density at radius 3 is 2.12 bits per heavy atom. The van der Waals surface area contributed by atoms with Crippen molar-refractivity contribution in [1.82, 2.24) is 0 Å². The second-order valence-electron chi connectivity index (χ2n) is 11.2. The highest BCUT2D eigenvalue weighted by atomic mass is 79.9. The summed E-state index contributed by atoms with van der Waals surface area (Å²) in [5.41, 5.74) is 4.67. The van der Waals surface area contributed by atoms with E-state index in [9.17, 15) is 0 Å². The molecular formula is C31H35BrOSi. The van der Waals surface area contributed by atoms with Crippen molar-refractivity contribution < 1.29 is 4.43 Å². The van der Waals surface area contributed by atoms with Gasteiger partial charge in [-0.15, -0.1) is 0 Å². The molecule has 2 aliphatic carbocycles. The van der Waals surface area contributed by atoms with Crippen LogP contribution in [0.15, 0.2) is 95.0 Å². The number of hydrogen-bond donors (Lipinski definition) is 0. The summed E-state index contributed by atoms with van der Waals surface area (Å²) in [4.78, 5) is 0. The molecule has 3 aromatic rings. The first-order chi connectivity index (χ1) is 16.2. The molecular weight excluding hydrogens is 496 g/mol. The van der Waals surface area contributed by atoms with Gasteiger partial charge in [0.2, 0.25) is 0 Å². The van der Waals surface area contributed by atoms with Crippen LogP contribution >= 0.6 is 15.9 Å². The Bertz CT molecular complexity index is 1160. The highest BCUT2D eigenvalue weighted by Crippen LogP contribution is 2.49. The van der Waals surface area contributed by atoms with E-state index in [1.165, 1.54) is 26.0 Å². The van der Waals surface area contributed by atoms with E-state index in [1.807, 2.05) is 0 Å². The van der Waals surface area contributed by atoms with Crippen LogP contribution in [0.25, 0.3) is 0 Å². The van der Waals surface area contributed by atoms with E-state index in [-0.39, 0.29) is 16.6 Å². The van der Waals surface area contributed by atoms with Gasteiger partial charge in [-0.3, -0.25) is 0 Å². The molecule has 0 heterocycles. The minimum absolute atomic E-state index is 0.0102. The van der Waals surface area contributed by atoms with Crippen molar-refractivity contribution in [2.75, 3.05) is 0 Å². The van der Waals surface area contributed by atoms with Gasteiger partial charge < -0.3 is 4.43 Å². The van der Waals surface area contributed by atoms with E-state index in [2.05, 4.69) is 129 Å². The molecule has 0 radical (unpaired) electrons. The quantitative estimate of drug-likeness (QED) is 0.253. The molecule has 3 heteroatoms. The highest BCUT2D eigenvalue weighted by molar-refractivity contribution is 9.10. The van der Waals surface area contributed by atoms with Crippen molar-refractivity contribution in [3.63, 3.8) is 0 Å². The molecule has 1 saturated carbocycles. The topological polar surface area (TPSA) is 9.23 Å². The minimum Gasteiger partial charge on any atom is -0.404 e. The summed E-state index contributed by atoms with van der Waals surface area (Å²) in [6.07, 6.45) is 7.00. The summed E-state index contributed by atoms with van der Waals surface area (Å²) >= 11 is 3.67. The number of halogens is 1. The minimum atomic E-state index is -2.53. The van der Waals surface area contributed by atoms with E-state index in [0.717, 1.165) is 25.7 Å². The second kappa shape index (κ2) is 8.93. The van der Waals surface area contributed by atoms with Gasteiger partial charge >= 0.3 is 0 Å². The van der Waals surface area contributed by atoms with Crippen LogP contribution in [0.5, 0.6) is 0 Å². The molecule has 2 atom stereocenters. The molecule has 0 bridgehead atoms. The number of benzene rings is 3. The third kappa shape index (κ3) is 3.96. The number of allylic oxidation sites excluding steroid dienone is 1.